The lowest BCUT2D eigenvalue weighted by molar-refractivity contribution is -0.133. The van der Waals surface area contributed by atoms with Crippen LogP contribution < -0.4 is 5.32 Å². The molecule has 1 aliphatic rings. The lowest BCUT2D eigenvalue weighted by atomic mass is 10.1. The average Bonchev–Trinajstić information content (AvgIpc) is 2.54. The van der Waals surface area contributed by atoms with E-state index in [0.29, 0.717) is 12.3 Å². The molecule has 1 saturated heterocycles. The number of hydrogen-bond acceptors (Lipinski definition) is 3. The number of carbonyl (C=O) groups is 1. The van der Waals surface area contributed by atoms with Crippen molar-refractivity contribution in [2.24, 2.45) is 0 Å². The molecule has 1 aliphatic heterocycles. The van der Waals surface area contributed by atoms with Gasteiger partial charge < -0.3 is 10.2 Å². The van der Waals surface area contributed by atoms with Gasteiger partial charge in [0.1, 0.15) is 0 Å². The van der Waals surface area contributed by atoms with Gasteiger partial charge in [-0.15, -0.1) is 0 Å². The Labute approximate surface area is 128 Å². The summed E-state index contributed by atoms with van der Waals surface area (Å²) in [4.78, 5) is 16.5. The second kappa shape index (κ2) is 8.80. The fourth-order valence-corrected chi connectivity index (χ4v) is 2.73. The van der Waals surface area contributed by atoms with Gasteiger partial charge in [-0.3, -0.25) is 9.69 Å². The first-order valence-electron chi connectivity index (χ1n) is 7.98. The number of hydrogen-bond donors (Lipinski definition) is 1. The molecule has 0 aliphatic carbocycles. The van der Waals surface area contributed by atoms with E-state index >= 15 is 0 Å². The third-order valence-corrected chi connectivity index (χ3v) is 4.10. The molecule has 0 atom stereocenters. The van der Waals surface area contributed by atoms with Crippen LogP contribution in [-0.4, -0.2) is 62.0 Å². The topological polar surface area (TPSA) is 35.6 Å². The normalized spacial score (nSPS) is 16.1. The van der Waals surface area contributed by atoms with Crippen LogP contribution in [0.3, 0.4) is 0 Å². The molecule has 0 unspecified atom stereocenters. The highest BCUT2D eigenvalue weighted by atomic mass is 16.2. The van der Waals surface area contributed by atoms with Gasteiger partial charge in [-0.25, -0.2) is 0 Å². The van der Waals surface area contributed by atoms with Gasteiger partial charge in [0.25, 0.3) is 0 Å². The molecule has 0 saturated carbocycles. The van der Waals surface area contributed by atoms with Crippen LogP contribution in [0.1, 0.15) is 18.4 Å². The Morgan fingerprint density at radius 1 is 1.14 bits per heavy atom. The van der Waals surface area contributed by atoms with E-state index in [1.807, 2.05) is 11.9 Å². The molecular formula is C17H27N3O. The number of amides is 1. The molecule has 4 nitrogen and oxygen atoms in total. The number of rotatable bonds is 7. The Hall–Kier alpha value is -1.39. The summed E-state index contributed by atoms with van der Waals surface area (Å²) in [7, 11) is 1.93. The minimum absolute atomic E-state index is 0.313. The first kappa shape index (κ1) is 16.0. The van der Waals surface area contributed by atoms with Gasteiger partial charge in [0.2, 0.25) is 5.91 Å². The zero-order valence-corrected chi connectivity index (χ0v) is 13.1. The Morgan fingerprint density at radius 3 is 2.52 bits per heavy atom. The molecule has 1 aromatic rings. The number of benzene rings is 1. The monoisotopic (exact) mass is 289 g/mol. The van der Waals surface area contributed by atoms with Crippen molar-refractivity contribution in [3.8, 4) is 0 Å². The summed E-state index contributed by atoms with van der Waals surface area (Å²) in [5, 5.41) is 3.09. The summed E-state index contributed by atoms with van der Waals surface area (Å²) in [6, 6.07) is 10.6. The summed E-state index contributed by atoms with van der Waals surface area (Å²) >= 11 is 0. The second-order valence-electron chi connectivity index (χ2n) is 5.67. The maximum atomic E-state index is 12.0. The molecule has 2 rings (SSSR count). The largest absolute Gasteiger partial charge is 0.340 e. The van der Waals surface area contributed by atoms with E-state index in [2.05, 4.69) is 40.5 Å². The lowest BCUT2D eigenvalue weighted by Crippen LogP contribution is -2.49. The van der Waals surface area contributed by atoms with Crippen LogP contribution in [0.25, 0.3) is 0 Å². The van der Waals surface area contributed by atoms with Crippen LogP contribution in [0, 0.1) is 0 Å². The van der Waals surface area contributed by atoms with E-state index in [1.165, 1.54) is 5.56 Å². The van der Waals surface area contributed by atoms with Crippen molar-refractivity contribution in [2.75, 3.05) is 46.3 Å². The Balaban J connectivity index is 1.65. The summed E-state index contributed by atoms with van der Waals surface area (Å²) in [5.41, 5.74) is 1.39. The molecule has 0 aromatic heterocycles. The average molecular weight is 289 g/mol. The molecule has 1 fully saturated rings. The van der Waals surface area contributed by atoms with Crippen molar-refractivity contribution < 1.29 is 4.79 Å². The number of nitrogens with one attached hydrogen (secondary N) is 1. The Bertz CT molecular complexity index is 413. The van der Waals surface area contributed by atoms with Crippen LogP contribution in [0.2, 0.25) is 0 Å². The van der Waals surface area contributed by atoms with Crippen LogP contribution in [-0.2, 0) is 11.2 Å². The van der Waals surface area contributed by atoms with Crippen molar-refractivity contribution in [3.05, 3.63) is 35.9 Å². The summed E-state index contributed by atoms with van der Waals surface area (Å²) in [5.74, 6) is 0.313. The Kier molecular flexibility index (Phi) is 6.70. The van der Waals surface area contributed by atoms with E-state index in [1.54, 1.807) is 0 Å². The number of piperazine rings is 1. The third-order valence-electron chi connectivity index (χ3n) is 4.10. The smallest absolute Gasteiger partial charge is 0.222 e. The van der Waals surface area contributed by atoms with Crippen molar-refractivity contribution >= 4 is 5.91 Å². The summed E-state index contributed by atoms with van der Waals surface area (Å²) in [6.07, 6.45) is 2.70. The molecule has 0 spiro atoms. The molecule has 4 heteroatoms. The Morgan fingerprint density at radius 2 is 1.86 bits per heavy atom. The van der Waals surface area contributed by atoms with Crippen molar-refractivity contribution in [1.29, 1.82) is 0 Å². The highest BCUT2D eigenvalue weighted by Crippen LogP contribution is 2.07. The first-order chi connectivity index (χ1) is 10.3. The molecule has 116 valence electrons. The van der Waals surface area contributed by atoms with Crippen LogP contribution in [0.5, 0.6) is 0 Å². The molecule has 0 radical (unpaired) electrons. The molecular weight excluding hydrogens is 262 g/mol. The summed E-state index contributed by atoms with van der Waals surface area (Å²) in [6.45, 7) is 5.78. The summed E-state index contributed by atoms with van der Waals surface area (Å²) < 4.78 is 0. The molecule has 1 aromatic carbocycles. The van der Waals surface area contributed by atoms with Gasteiger partial charge in [-0.2, -0.15) is 0 Å². The minimum atomic E-state index is 0.313. The van der Waals surface area contributed by atoms with Crippen molar-refractivity contribution in [2.45, 2.75) is 19.3 Å². The van der Waals surface area contributed by atoms with Gasteiger partial charge in [-0.1, -0.05) is 30.3 Å². The van der Waals surface area contributed by atoms with Gasteiger partial charge in [0.05, 0.1) is 0 Å². The molecule has 1 N–H and O–H groups in total. The van der Waals surface area contributed by atoms with Gasteiger partial charge in [0, 0.05) is 39.1 Å². The molecule has 21 heavy (non-hydrogen) atoms. The predicted molar refractivity (Wildman–Crippen MR) is 86.3 cm³/mol. The van der Waals surface area contributed by atoms with E-state index in [4.69, 9.17) is 0 Å². The van der Waals surface area contributed by atoms with Crippen LogP contribution in [0.15, 0.2) is 30.3 Å². The quantitative estimate of drug-likeness (QED) is 0.770. The van der Waals surface area contributed by atoms with Crippen molar-refractivity contribution in [3.63, 3.8) is 0 Å². The van der Waals surface area contributed by atoms with Gasteiger partial charge in [-0.05, 0) is 32.0 Å². The maximum absolute atomic E-state index is 12.0. The van der Waals surface area contributed by atoms with E-state index < -0.39 is 0 Å². The number of nitrogens with zero attached hydrogens (tertiary/aromatic N) is 2. The zero-order valence-electron chi connectivity index (χ0n) is 13.1. The highest BCUT2D eigenvalue weighted by molar-refractivity contribution is 5.76. The maximum Gasteiger partial charge on any atom is 0.222 e. The standard InChI is InChI=1S/C17H27N3O/c1-18-10-5-8-17(21)20-14-12-19(13-15-20)11-9-16-6-3-2-4-7-16/h2-4,6-7,18H,5,8-15H2,1H3. The zero-order chi connectivity index (χ0) is 14.9. The number of carbonyl (C=O) groups excluding carboxylic acids is 1. The predicted octanol–water partition coefficient (Wildman–Crippen LogP) is 1.37. The highest BCUT2D eigenvalue weighted by Gasteiger charge is 2.20. The third kappa shape index (κ3) is 5.48. The van der Waals surface area contributed by atoms with Gasteiger partial charge in [0.15, 0.2) is 0 Å². The lowest BCUT2D eigenvalue weighted by Gasteiger charge is -2.34. The molecule has 1 amide bonds. The molecule has 0 bridgehead atoms. The first-order valence-corrected chi connectivity index (χ1v) is 7.98. The fourth-order valence-electron chi connectivity index (χ4n) is 2.73. The minimum Gasteiger partial charge on any atom is -0.340 e. The fraction of sp³-hybridized carbons (Fsp3) is 0.588. The van der Waals surface area contributed by atoms with E-state index in [-0.39, 0.29) is 0 Å². The van der Waals surface area contributed by atoms with E-state index in [0.717, 1.165) is 52.1 Å². The van der Waals surface area contributed by atoms with Crippen molar-refractivity contribution in [1.82, 2.24) is 15.1 Å². The van der Waals surface area contributed by atoms with Gasteiger partial charge >= 0.3 is 0 Å². The van der Waals surface area contributed by atoms with Crippen LogP contribution in [0.4, 0.5) is 0 Å². The van der Waals surface area contributed by atoms with Crippen LogP contribution >= 0.6 is 0 Å². The second-order valence-corrected chi connectivity index (χ2v) is 5.67. The van der Waals surface area contributed by atoms with E-state index in [9.17, 15) is 4.79 Å². The molecule has 1 heterocycles. The SMILES string of the molecule is CNCCCC(=O)N1CCN(CCc2ccccc2)CC1.